The van der Waals surface area contributed by atoms with Gasteiger partial charge < -0.3 is 20.3 Å². The third-order valence-electron chi connectivity index (χ3n) is 6.34. The van der Waals surface area contributed by atoms with Crippen LogP contribution in [0, 0.1) is 17.7 Å². The number of hydrogen-bond donors (Lipinski definition) is 2. The molecule has 3 N–H and O–H groups in total. The fourth-order valence-corrected chi connectivity index (χ4v) is 4.57. The molecular weight excluding hydrogens is 351 g/mol. The first-order valence-corrected chi connectivity index (χ1v) is 9.43. The smallest absolute Gasteiger partial charge is 0.341 e. The summed E-state index contributed by atoms with van der Waals surface area (Å²) in [6, 6.07) is 1.42. The predicted octanol–water partition coefficient (Wildman–Crippen LogP) is 1.74. The Morgan fingerprint density at radius 1 is 1.33 bits per heavy atom. The van der Waals surface area contributed by atoms with Crippen molar-refractivity contribution >= 4 is 22.8 Å². The molecule has 3 heterocycles. The molecule has 27 heavy (non-hydrogen) atoms. The predicted molar refractivity (Wildman–Crippen MR) is 97.6 cm³/mol. The summed E-state index contributed by atoms with van der Waals surface area (Å²) in [5.74, 6) is -0.687. The van der Waals surface area contributed by atoms with Crippen LogP contribution in [-0.4, -0.2) is 39.8 Å². The molecular formula is C19H21FN4O3. The maximum Gasteiger partial charge on any atom is 0.341 e. The number of rotatable bonds is 3. The van der Waals surface area contributed by atoms with Gasteiger partial charge in [0.15, 0.2) is 11.6 Å². The molecule has 0 spiro atoms. The SMILES string of the molecule is N[C@H]1C[C@H]2CCN(c3nc4c(cc3F)c(=O)c(C(=O)O)cn4C3CC3)C[C@H]21. The van der Waals surface area contributed by atoms with Gasteiger partial charge in [-0.05, 0) is 43.6 Å². The summed E-state index contributed by atoms with van der Waals surface area (Å²) in [7, 11) is 0. The highest BCUT2D eigenvalue weighted by molar-refractivity contribution is 5.92. The van der Waals surface area contributed by atoms with Crippen molar-refractivity contribution in [1.29, 1.82) is 0 Å². The Kier molecular flexibility index (Phi) is 3.56. The number of hydrogen-bond acceptors (Lipinski definition) is 5. The quantitative estimate of drug-likeness (QED) is 0.851. The summed E-state index contributed by atoms with van der Waals surface area (Å²) in [6.45, 7) is 1.38. The summed E-state index contributed by atoms with van der Waals surface area (Å²) in [5.41, 5.74) is 5.43. The average molecular weight is 372 g/mol. The maximum absolute atomic E-state index is 14.9. The molecule has 0 unspecified atom stereocenters. The van der Waals surface area contributed by atoms with E-state index in [4.69, 9.17) is 5.73 Å². The second-order valence-corrected chi connectivity index (χ2v) is 8.04. The van der Waals surface area contributed by atoms with Crippen molar-refractivity contribution in [1.82, 2.24) is 9.55 Å². The van der Waals surface area contributed by atoms with Crippen molar-refractivity contribution in [3.05, 3.63) is 33.9 Å². The van der Waals surface area contributed by atoms with Gasteiger partial charge in [-0.3, -0.25) is 4.79 Å². The number of aromatic carboxylic acids is 1. The van der Waals surface area contributed by atoms with Gasteiger partial charge in [0, 0.05) is 31.4 Å². The van der Waals surface area contributed by atoms with Gasteiger partial charge in [-0.1, -0.05) is 0 Å². The molecule has 0 amide bonds. The number of carboxylic acid groups (broad SMARTS) is 1. The van der Waals surface area contributed by atoms with Gasteiger partial charge in [0.2, 0.25) is 5.43 Å². The van der Waals surface area contributed by atoms with Crippen LogP contribution < -0.4 is 16.1 Å². The van der Waals surface area contributed by atoms with Crippen LogP contribution in [0.5, 0.6) is 0 Å². The Hall–Kier alpha value is -2.48. The Morgan fingerprint density at radius 2 is 2.11 bits per heavy atom. The Balaban J connectivity index is 1.64. The molecule has 8 heteroatoms. The standard InChI is InChI=1S/C19H21FN4O3/c20-14-6-11-16(25)13(19(26)27)8-24(10-1-2-10)17(11)22-18(14)23-4-3-9-5-15(21)12(9)7-23/h6,8-10,12,15H,1-5,7,21H2,(H,26,27)/t9-,12-,15+/m1/s1. The summed E-state index contributed by atoms with van der Waals surface area (Å²) in [6.07, 6.45) is 5.14. The highest BCUT2D eigenvalue weighted by Gasteiger charge is 2.43. The van der Waals surface area contributed by atoms with Crippen LogP contribution in [0.15, 0.2) is 17.1 Å². The van der Waals surface area contributed by atoms with Gasteiger partial charge in [-0.25, -0.2) is 14.2 Å². The second kappa shape index (κ2) is 5.76. The fraction of sp³-hybridized carbons (Fsp3) is 0.526. The molecule has 3 fully saturated rings. The average Bonchev–Trinajstić information content (AvgIpc) is 3.46. The Morgan fingerprint density at radius 3 is 2.78 bits per heavy atom. The molecule has 0 radical (unpaired) electrons. The number of pyridine rings is 2. The number of fused-ring (bicyclic) bond motifs is 2. The minimum atomic E-state index is -1.30. The number of halogens is 1. The van der Waals surface area contributed by atoms with Gasteiger partial charge in [-0.15, -0.1) is 0 Å². The van der Waals surface area contributed by atoms with E-state index in [-0.39, 0.29) is 28.9 Å². The summed E-state index contributed by atoms with van der Waals surface area (Å²) in [4.78, 5) is 30.4. The van der Waals surface area contributed by atoms with E-state index in [1.165, 1.54) is 6.20 Å². The van der Waals surface area contributed by atoms with Crippen LogP contribution in [0.1, 0.15) is 42.1 Å². The molecule has 7 nitrogen and oxygen atoms in total. The number of nitrogens with zero attached hydrogens (tertiary/aromatic N) is 3. The lowest BCUT2D eigenvalue weighted by Gasteiger charge is -2.50. The third-order valence-corrected chi connectivity index (χ3v) is 6.34. The molecule has 5 rings (SSSR count). The van der Waals surface area contributed by atoms with E-state index in [0.29, 0.717) is 30.6 Å². The van der Waals surface area contributed by atoms with Gasteiger partial charge in [0.1, 0.15) is 11.2 Å². The van der Waals surface area contributed by atoms with E-state index in [1.54, 1.807) is 4.57 Å². The lowest BCUT2D eigenvalue weighted by atomic mass is 9.66. The van der Waals surface area contributed by atoms with Gasteiger partial charge in [0.05, 0.1) is 5.39 Å². The van der Waals surface area contributed by atoms with Crippen molar-refractivity contribution in [2.24, 2.45) is 17.6 Å². The van der Waals surface area contributed by atoms with E-state index in [2.05, 4.69) is 4.98 Å². The van der Waals surface area contributed by atoms with Gasteiger partial charge in [-0.2, -0.15) is 0 Å². The molecule has 1 aliphatic heterocycles. The van der Waals surface area contributed by atoms with Crippen molar-refractivity contribution in [2.75, 3.05) is 18.0 Å². The number of carbonyl (C=O) groups is 1. The van der Waals surface area contributed by atoms with Crippen molar-refractivity contribution in [3.63, 3.8) is 0 Å². The van der Waals surface area contributed by atoms with Crippen LogP contribution in [0.25, 0.3) is 11.0 Å². The van der Waals surface area contributed by atoms with E-state index in [9.17, 15) is 19.1 Å². The normalized spacial score (nSPS) is 27.3. The first-order chi connectivity index (χ1) is 12.9. The third kappa shape index (κ3) is 2.54. The largest absolute Gasteiger partial charge is 0.477 e. The number of aromatic nitrogens is 2. The van der Waals surface area contributed by atoms with Crippen molar-refractivity contribution < 1.29 is 14.3 Å². The van der Waals surface area contributed by atoms with Gasteiger partial charge >= 0.3 is 5.97 Å². The van der Waals surface area contributed by atoms with Crippen LogP contribution in [0.3, 0.4) is 0 Å². The molecule has 2 aromatic rings. The molecule has 2 aliphatic carbocycles. The van der Waals surface area contributed by atoms with Crippen LogP contribution >= 0.6 is 0 Å². The number of anilines is 1. The topological polar surface area (TPSA) is 101 Å². The Bertz CT molecular complexity index is 1020. The second-order valence-electron chi connectivity index (χ2n) is 8.04. The highest BCUT2D eigenvalue weighted by atomic mass is 19.1. The number of carboxylic acids is 1. The number of piperidine rings is 1. The van der Waals surface area contributed by atoms with E-state index >= 15 is 0 Å². The molecule has 2 saturated carbocycles. The Labute approximate surface area is 154 Å². The number of nitrogens with two attached hydrogens (primary N) is 1. The molecule has 0 aromatic carbocycles. The summed E-state index contributed by atoms with van der Waals surface area (Å²) in [5, 5.41) is 9.34. The monoisotopic (exact) mass is 372 g/mol. The van der Waals surface area contributed by atoms with Gasteiger partial charge in [0.25, 0.3) is 0 Å². The van der Waals surface area contributed by atoms with E-state index < -0.39 is 17.2 Å². The minimum Gasteiger partial charge on any atom is -0.477 e. The molecule has 142 valence electrons. The van der Waals surface area contributed by atoms with Crippen molar-refractivity contribution in [3.8, 4) is 0 Å². The maximum atomic E-state index is 14.9. The zero-order chi connectivity index (χ0) is 18.9. The van der Waals surface area contributed by atoms with Crippen LogP contribution in [-0.2, 0) is 0 Å². The molecule has 3 aliphatic rings. The zero-order valence-corrected chi connectivity index (χ0v) is 14.8. The molecule has 2 aromatic heterocycles. The van der Waals surface area contributed by atoms with Crippen LogP contribution in [0.2, 0.25) is 0 Å². The highest BCUT2D eigenvalue weighted by Crippen LogP contribution is 2.41. The lowest BCUT2D eigenvalue weighted by molar-refractivity contribution is 0.0695. The first-order valence-electron chi connectivity index (χ1n) is 9.43. The summed E-state index contributed by atoms with van der Waals surface area (Å²) < 4.78 is 16.6. The van der Waals surface area contributed by atoms with Crippen LogP contribution in [0.4, 0.5) is 10.2 Å². The van der Waals surface area contributed by atoms with E-state index in [0.717, 1.165) is 31.7 Å². The summed E-state index contributed by atoms with van der Waals surface area (Å²) >= 11 is 0. The van der Waals surface area contributed by atoms with Crippen molar-refractivity contribution in [2.45, 2.75) is 37.8 Å². The fourth-order valence-electron chi connectivity index (χ4n) is 4.57. The molecule has 1 saturated heterocycles. The molecule has 0 bridgehead atoms. The first kappa shape index (κ1) is 16.7. The van der Waals surface area contributed by atoms with E-state index in [1.807, 2.05) is 4.90 Å². The lowest BCUT2D eigenvalue weighted by Crippen LogP contribution is -2.57. The zero-order valence-electron chi connectivity index (χ0n) is 14.8. The molecule has 3 atom stereocenters. The minimum absolute atomic E-state index is 0.0262.